The van der Waals surface area contributed by atoms with Gasteiger partial charge >= 0.3 is 6.17 Å². The van der Waals surface area contributed by atoms with E-state index in [1.807, 2.05) is 24.3 Å². The Morgan fingerprint density at radius 1 is 1.29 bits per heavy atom. The minimum Gasteiger partial charge on any atom is -0.251 e. The Morgan fingerprint density at radius 3 is 2.81 bits per heavy atom. The maximum absolute atomic E-state index is 13.8. The Hall–Kier alpha value is -2.01. The number of halogens is 1. The van der Waals surface area contributed by atoms with Crippen LogP contribution in [0.4, 0.5) is 4.39 Å². The summed E-state index contributed by atoms with van der Waals surface area (Å²) in [5.41, 5.74) is 1.12. The standard InChI is InChI=1S/C16H18FN2O2/c1-21-19(20)16-9-11(10-18-16)8-12-6-7-15(17)14-5-3-2-4-13(12)14/h2-7,11,16,18H,8-10H2,1H3/q+1/t11-,16+/m1/s1. The van der Waals surface area contributed by atoms with Crippen LogP contribution in [0.2, 0.25) is 0 Å². The molecule has 1 saturated heterocycles. The van der Waals surface area contributed by atoms with Crippen molar-refractivity contribution in [3.8, 4) is 0 Å². The fourth-order valence-electron chi connectivity index (χ4n) is 3.04. The van der Waals surface area contributed by atoms with E-state index in [0.717, 1.165) is 30.3 Å². The molecule has 1 aliphatic heterocycles. The van der Waals surface area contributed by atoms with Gasteiger partial charge in [-0.15, -0.1) is 0 Å². The first kappa shape index (κ1) is 13.9. The first-order valence-corrected chi connectivity index (χ1v) is 7.09. The second kappa shape index (κ2) is 5.77. The van der Waals surface area contributed by atoms with Crippen LogP contribution in [0.5, 0.6) is 0 Å². The SMILES string of the molecule is CO[N+](=O)[C@H]1C[C@@H](Cc2ccc(F)c3ccccc23)CN1. The maximum atomic E-state index is 13.8. The Kier molecular flexibility index (Phi) is 3.84. The number of nitrogens with zero attached hydrogens (tertiary/aromatic N) is 1. The summed E-state index contributed by atoms with van der Waals surface area (Å²) in [6, 6.07) is 10.9. The van der Waals surface area contributed by atoms with Crippen LogP contribution in [0.25, 0.3) is 10.8 Å². The monoisotopic (exact) mass is 289 g/mol. The third-order valence-electron chi connectivity index (χ3n) is 4.10. The highest BCUT2D eigenvalue weighted by Crippen LogP contribution is 2.26. The van der Waals surface area contributed by atoms with Gasteiger partial charge in [-0.3, -0.25) is 5.32 Å². The van der Waals surface area contributed by atoms with Gasteiger partial charge in [-0.2, -0.15) is 0 Å². The lowest BCUT2D eigenvalue weighted by molar-refractivity contribution is -0.821. The van der Waals surface area contributed by atoms with E-state index in [9.17, 15) is 9.30 Å². The van der Waals surface area contributed by atoms with Gasteiger partial charge < -0.3 is 0 Å². The second-order valence-corrected chi connectivity index (χ2v) is 5.45. The van der Waals surface area contributed by atoms with Gasteiger partial charge in [-0.1, -0.05) is 30.3 Å². The number of rotatable bonds is 4. The summed E-state index contributed by atoms with van der Waals surface area (Å²) >= 11 is 0. The molecular formula is C16H18FN2O2+. The van der Waals surface area contributed by atoms with Crippen molar-refractivity contribution in [1.82, 2.24) is 5.32 Å². The molecule has 2 aromatic carbocycles. The van der Waals surface area contributed by atoms with Crippen LogP contribution in [0, 0.1) is 16.6 Å². The highest BCUT2D eigenvalue weighted by Gasteiger charge is 2.36. The van der Waals surface area contributed by atoms with Crippen molar-refractivity contribution in [2.75, 3.05) is 13.7 Å². The summed E-state index contributed by atoms with van der Waals surface area (Å²) < 4.78 is 13.8. The molecule has 110 valence electrons. The summed E-state index contributed by atoms with van der Waals surface area (Å²) in [5, 5.41) is 4.75. The van der Waals surface area contributed by atoms with E-state index in [1.54, 1.807) is 6.07 Å². The van der Waals surface area contributed by atoms with Crippen molar-refractivity contribution in [2.24, 2.45) is 5.92 Å². The predicted molar refractivity (Wildman–Crippen MR) is 78.1 cm³/mol. The molecule has 0 aromatic heterocycles. The van der Waals surface area contributed by atoms with E-state index in [1.165, 1.54) is 13.2 Å². The molecule has 0 aliphatic carbocycles. The van der Waals surface area contributed by atoms with Gasteiger partial charge in [0.1, 0.15) is 5.82 Å². The molecule has 0 unspecified atom stereocenters. The topological polar surface area (TPSA) is 41.3 Å². The minimum absolute atomic E-state index is 0.193. The maximum Gasteiger partial charge on any atom is 0.311 e. The first-order chi connectivity index (χ1) is 10.2. The molecule has 3 rings (SSSR count). The van der Waals surface area contributed by atoms with Crippen molar-refractivity contribution in [3.05, 3.63) is 52.7 Å². The van der Waals surface area contributed by atoms with E-state index >= 15 is 0 Å². The molecular weight excluding hydrogens is 271 g/mol. The van der Waals surface area contributed by atoms with E-state index in [2.05, 4.69) is 10.2 Å². The van der Waals surface area contributed by atoms with Crippen molar-refractivity contribution >= 4 is 10.8 Å². The van der Waals surface area contributed by atoms with Crippen LogP contribution in [0.15, 0.2) is 36.4 Å². The summed E-state index contributed by atoms with van der Waals surface area (Å²) in [5.74, 6) is 0.150. The third kappa shape index (κ3) is 2.74. The Morgan fingerprint density at radius 2 is 2.05 bits per heavy atom. The molecule has 2 aromatic rings. The summed E-state index contributed by atoms with van der Waals surface area (Å²) in [4.78, 5) is 16.7. The number of fused-ring (bicyclic) bond motifs is 1. The molecule has 5 heteroatoms. The average Bonchev–Trinajstić information content (AvgIpc) is 2.98. The predicted octanol–water partition coefficient (Wildman–Crippen LogP) is 2.80. The second-order valence-electron chi connectivity index (χ2n) is 5.45. The molecule has 0 bridgehead atoms. The molecule has 4 nitrogen and oxygen atoms in total. The van der Waals surface area contributed by atoms with Crippen molar-refractivity contribution < 1.29 is 14.2 Å². The first-order valence-electron chi connectivity index (χ1n) is 7.09. The smallest absolute Gasteiger partial charge is 0.251 e. The number of benzene rings is 2. The molecule has 1 fully saturated rings. The average molecular weight is 289 g/mol. The summed E-state index contributed by atoms with van der Waals surface area (Å²) in [6.07, 6.45) is 1.25. The lowest BCUT2D eigenvalue weighted by Crippen LogP contribution is -2.32. The molecule has 1 heterocycles. The molecule has 0 saturated carbocycles. The summed E-state index contributed by atoms with van der Waals surface area (Å²) in [6.45, 7) is 0.762. The molecule has 1 aliphatic rings. The number of hydrogen-bond donors (Lipinski definition) is 1. The van der Waals surface area contributed by atoms with Crippen LogP contribution in [-0.2, 0) is 11.3 Å². The van der Waals surface area contributed by atoms with Gasteiger partial charge in [0, 0.05) is 18.4 Å². The highest BCUT2D eigenvalue weighted by atomic mass is 19.1. The van der Waals surface area contributed by atoms with Crippen molar-refractivity contribution in [3.63, 3.8) is 0 Å². The van der Waals surface area contributed by atoms with Gasteiger partial charge in [0.15, 0.2) is 7.11 Å². The van der Waals surface area contributed by atoms with Gasteiger partial charge in [0.2, 0.25) is 4.92 Å². The third-order valence-corrected chi connectivity index (χ3v) is 4.10. The van der Waals surface area contributed by atoms with Crippen LogP contribution >= 0.6 is 0 Å². The highest BCUT2D eigenvalue weighted by molar-refractivity contribution is 5.86. The molecule has 0 radical (unpaired) electrons. The molecule has 0 amide bonds. The van der Waals surface area contributed by atoms with Crippen LogP contribution in [-0.4, -0.2) is 24.7 Å². The summed E-state index contributed by atoms with van der Waals surface area (Å²) in [7, 11) is 1.37. The molecule has 21 heavy (non-hydrogen) atoms. The molecule has 1 N–H and O–H groups in total. The van der Waals surface area contributed by atoms with Gasteiger partial charge in [0.25, 0.3) is 0 Å². The fraction of sp³-hybridized carbons (Fsp3) is 0.375. The van der Waals surface area contributed by atoms with E-state index < -0.39 is 0 Å². The van der Waals surface area contributed by atoms with E-state index in [4.69, 9.17) is 0 Å². The minimum atomic E-state index is -0.299. The lowest BCUT2D eigenvalue weighted by atomic mass is 9.94. The Labute approximate surface area is 122 Å². The van der Waals surface area contributed by atoms with E-state index in [-0.39, 0.29) is 12.0 Å². The Bertz CT molecular complexity index is 674. The van der Waals surface area contributed by atoms with Crippen LogP contribution in [0.3, 0.4) is 0 Å². The quantitative estimate of drug-likeness (QED) is 0.880. The van der Waals surface area contributed by atoms with E-state index in [0.29, 0.717) is 16.2 Å². The number of hydrogen-bond acceptors (Lipinski definition) is 3. The van der Waals surface area contributed by atoms with Crippen LogP contribution < -0.4 is 5.32 Å². The van der Waals surface area contributed by atoms with Gasteiger partial charge in [0.05, 0.1) is 4.91 Å². The largest absolute Gasteiger partial charge is 0.311 e. The van der Waals surface area contributed by atoms with Gasteiger partial charge in [-0.05, 0) is 29.4 Å². The van der Waals surface area contributed by atoms with Crippen molar-refractivity contribution in [1.29, 1.82) is 0 Å². The zero-order chi connectivity index (χ0) is 14.8. The zero-order valence-electron chi connectivity index (χ0n) is 11.9. The Balaban J connectivity index is 1.80. The normalized spacial score (nSPS) is 21.6. The molecule has 2 atom stereocenters. The zero-order valence-corrected chi connectivity index (χ0v) is 11.9. The van der Waals surface area contributed by atoms with Gasteiger partial charge in [-0.25, -0.2) is 9.23 Å². The lowest BCUT2D eigenvalue weighted by Gasteiger charge is -2.11. The fourth-order valence-corrected chi connectivity index (χ4v) is 3.04. The number of nitrogens with one attached hydrogen (secondary N) is 1. The van der Waals surface area contributed by atoms with Crippen LogP contribution in [0.1, 0.15) is 12.0 Å². The molecule has 0 spiro atoms. The van der Waals surface area contributed by atoms with Crippen molar-refractivity contribution in [2.45, 2.75) is 19.0 Å².